The van der Waals surface area contributed by atoms with Crippen molar-refractivity contribution in [1.29, 1.82) is 5.26 Å². The van der Waals surface area contributed by atoms with Gasteiger partial charge in [0.2, 0.25) is 15.9 Å². The van der Waals surface area contributed by atoms with Gasteiger partial charge in [0.15, 0.2) is 0 Å². The lowest BCUT2D eigenvalue weighted by molar-refractivity contribution is -0.137. The summed E-state index contributed by atoms with van der Waals surface area (Å²) in [5, 5.41) is 11.6. The highest BCUT2D eigenvalue weighted by atomic mass is 32.2. The van der Waals surface area contributed by atoms with Crippen molar-refractivity contribution in [2.24, 2.45) is 5.92 Å². The van der Waals surface area contributed by atoms with Crippen LogP contribution < -0.4 is 5.32 Å². The number of sulfonamides is 1. The third-order valence-corrected chi connectivity index (χ3v) is 6.86. The van der Waals surface area contributed by atoms with Gasteiger partial charge in [-0.25, -0.2) is 8.42 Å². The number of carbonyl (C=O) groups excluding carboxylic acids is 1. The number of alkyl halides is 3. The average Bonchev–Trinajstić information content (AvgIpc) is 2.73. The van der Waals surface area contributed by atoms with Gasteiger partial charge >= 0.3 is 6.18 Å². The summed E-state index contributed by atoms with van der Waals surface area (Å²) in [4.78, 5) is 12.4. The van der Waals surface area contributed by atoms with Crippen LogP contribution in [0.2, 0.25) is 0 Å². The van der Waals surface area contributed by atoms with Crippen LogP contribution in [0.5, 0.6) is 0 Å². The van der Waals surface area contributed by atoms with Gasteiger partial charge in [-0.05, 0) is 43.2 Å². The van der Waals surface area contributed by atoms with Gasteiger partial charge < -0.3 is 5.32 Å². The molecule has 0 unspecified atom stereocenters. The molecule has 0 saturated carbocycles. The molecule has 0 spiro atoms. The van der Waals surface area contributed by atoms with Crippen LogP contribution in [0.25, 0.3) is 0 Å². The van der Waals surface area contributed by atoms with Gasteiger partial charge in [-0.15, -0.1) is 0 Å². The van der Waals surface area contributed by atoms with Crippen molar-refractivity contribution in [2.75, 3.05) is 18.4 Å². The number of hydrogen-bond donors (Lipinski definition) is 1. The Morgan fingerprint density at radius 3 is 2.40 bits per heavy atom. The highest BCUT2D eigenvalue weighted by Crippen LogP contribution is 2.31. The second-order valence-electron chi connectivity index (χ2n) is 6.85. The van der Waals surface area contributed by atoms with Crippen LogP contribution in [0.15, 0.2) is 53.4 Å². The molecule has 6 nitrogen and oxygen atoms in total. The maximum absolute atomic E-state index is 12.8. The first-order valence-corrected chi connectivity index (χ1v) is 10.5. The lowest BCUT2D eigenvalue weighted by Crippen LogP contribution is -2.41. The van der Waals surface area contributed by atoms with E-state index in [1.54, 1.807) is 6.07 Å². The van der Waals surface area contributed by atoms with E-state index < -0.39 is 33.6 Å². The van der Waals surface area contributed by atoms with Gasteiger partial charge in [0.25, 0.3) is 0 Å². The van der Waals surface area contributed by atoms with Crippen LogP contribution in [0.4, 0.5) is 18.9 Å². The molecule has 0 atom stereocenters. The van der Waals surface area contributed by atoms with Crippen LogP contribution in [-0.4, -0.2) is 31.7 Å². The Balaban J connectivity index is 1.66. The number of piperidine rings is 1. The summed E-state index contributed by atoms with van der Waals surface area (Å²) in [6, 6.07) is 12.1. The zero-order chi connectivity index (χ0) is 21.9. The molecule has 2 aromatic carbocycles. The van der Waals surface area contributed by atoms with Gasteiger partial charge in [0.05, 0.1) is 16.0 Å². The van der Waals surface area contributed by atoms with Crippen molar-refractivity contribution in [3.05, 3.63) is 59.7 Å². The van der Waals surface area contributed by atoms with Crippen molar-refractivity contribution in [3.8, 4) is 6.07 Å². The molecule has 1 heterocycles. The van der Waals surface area contributed by atoms with E-state index in [2.05, 4.69) is 5.32 Å². The number of nitriles is 1. The minimum absolute atomic E-state index is 0.0350. The monoisotopic (exact) mass is 437 g/mol. The molecular formula is C20H18F3N3O3S. The van der Waals surface area contributed by atoms with E-state index in [9.17, 15) is 26.4 Å². The van der Waals surface area contributed by atoms with E-state index in [-0.39, 0.29) is 42.1 Å². The van der Waals surface area contributed by atoms with Crippen LogP contribution in [-0.2, 0) is 21.0 Å². The number of anilines is 1. The van der Waals surface area contributed by atoms with Gasteiger partial charge in [0, 0.05) is 24.7 Å². The van der Waals surface area contributed by atoms with Crippen molar-refractivity contribution < 1.29 is 26.4 Å². The summed E-state index contributed by atoms with van der Waals surface area (Å²) in [5.74, 6) is -0.985. The average molecular weight is 437 g/mol. The van der Waals surface area contributed by atoms with Crippen molar-refractivity contribution in [3.63, 3.8) is 0 Å². The summed E-state index contributed by atoms with van der Waals surface area (Å²) in [6.45, 7) is 0.144. The predicted octanol–water partition coefficient (Wildman–Crippen LogP) is 3.62. The fourth-order valence-corrected chi connectivity index (χ4v) is 4.91. The maximum Gasteiger partial charge on any atom is 0.416 e. The van der Waals surface area contributed by atoms with Gasteiger partial charge in [0.1, 0.15) is 6.07 Å². The van der Waals surface area contributed by atoms with Crippen molar-refractivity contribution >= 4 is 21.6 Å². The third-order valence-electron chi connectivity index (χ3n) is 4.91. The normalized spacial score (nSPS) is 16.1. The van der Waals surface area contributed by atoms with Gasteiger partial charge in [-0.1, -0.05) is 18.2 Å². The number of nitrogens with zero attached hydrogens (tertiary/aromatic N) is 2. The van der Waals surface area contributed by atoms with E-state index in [1.165, 1.54) is 34.6 Å². The van der Waals surface area contributed by atoms with E-state index >= 15 is 0 Å². The molecule has 1 aliphatic heterocycles. The molecule has 3 rings (SSSR count). The van der Waals surface area contributed by atoms with Crippen molar-refractivity contribution in [2.45, 2.75) is 23.9 Å². The lowest BCUT2D eigenvalue weighted by Gasteiger charge is -2.30. The Morgan fingerprint density at radius 2 is 1.77 bits per heavy atom. The quantitative estimate of drug-likeness (QED) is 0.791. The minimum Gasteiger partial charge on any atom is -0.326 e. The number of nitrogens with one attached hydrogen (secondary N) is 1. The Morgan fingerprint density at radius 1 is 1.10 bits per heavy atom. The maximum atomic E-state index is 12.8. The second kappa shape index (κ2) is 8.45. The van der Waals surface area contributed by atoms with E-state index in [4.69, 9.17) is 5.26 Å². The van der Waals surface area contributed by atoms with Crippen LogP contribution in [0.1, 0.15) is 24.0 Å². The first-order valence-electron chi connectivity index (χ1n) is 9.10. The zero-order valence-electron chi connectivity index (χ0n) is 15.7. The molecule has 1 amide bonds. The van der Waals surface area contributed by atoms with E-state index in [0.29, 0.717) is 0 Å². The molecule has 0 aliphatic carbocycles. The Kier molecular flexibility index (Phi) is 6.14. The highest BCUT2D eigenvalue weighted by Gasteiger charge is 2.34. The first kappa shape index (κ1) is 21.8. The predicted molar refractivity (Wildman–Crippen MR) is 103 cm³/mol. The number of amides is 1. The molecule has 1 aliphatic rings. The number of halogens is 3. The van der Waals surface area contributed by atoms with Crippen LogP contribution in [0.3, 0.4) is 0 Å². The molecule has 1 saturated heterocycles. The zero-order valence-corrected chi connectivity index (χ0v) is 16.5. The molecule has 158 valence electrons. The summed E-state index contributed by atoms with van der Waals surface area (Å²) < 4.78 is 65.3. The smallest absolute Gasteiger partial charge is 0.326 e. The largest absolute Gasteiger partial charge is 0.416 e. The molecule has 2 aromatic rings. The molecule has 10 heteroatoms. The van der Waals surface area contributed by atoms with Crippen LogP contribution >= 0.6 is 0 Å². The molecule has 1 N–H and O–H groups in total. The summed E-state index contributed by atoms with van der Waals surface area (Å²) >= 11 is 0. The molecule has 0 bridgehead atoms. The number of benzene rings is 2. The first-order chi connectivity index (χ1) is 14.1. The summed E-state index contributed by atoms with van der Waals surface area (Å²) in [6.07, 6.45) is -4.07. The SMILES string of the molecule is N#Cc1ccccc1S(=O)(=O)N1CCC(C(=O)Nc2cccc(C(F)(F)F)c2)CC1. The second-order valence-corrected chi connectivity index (χ2v) is 8.76. The van der Waals surface area contributed by atoms with Gasteiger partial charge in [-0.3, -0.25) is 4.79 Å². The standard InChI is InChI=1S/C20H18F3N3O3S/c21-20(22,23)16-5-3-6-17(12-16)25-19(27)14-8-10-26(11-9-14)30(28,29)18-7-2-1-4-15(18)13-24/h1-7,12,14H,8-11H2,(H,25,27). The minimum atomic E-state index is -4.51. The third kappa shape index (κ3) is 4.63. The van der Waals surface area contributed by atoms with E-state index in [1.807, 2.05) is 6.07 Å². The fourth-order valence-electron chi connectivity index (χ4n) is 3.30. The summed E-state index contributed by atoms with van der Waals surface area (Å²) in [5.41, 5.74) is -0.785. The number of hydrogen-bond acceptors (Lipinski definition) is 4. The van der Waals surface area contributed by atoms with Crippen LogP contribution in [0, 0.1) is 17.2 Å². The number of carbonyl (C=O) groups is 1. The van der Waals surface area contributed by atoms with E-state index in [0.717, 1.165) is 12.1 Å². The Bertz CT molecular complexity index is 1090. The molecule has 0 radical (unpaired) electrons. The highest BCUT2D eigenvalue weighted by molar-refractivity contribution is 7.89. The van der Waals surface area contributed by atoms with Crippen molar-refractivity contribution in [1.82, 2.24) is 4.31 Å². The molecule has 30 heavy (non-hydrogen) atoms. The lowest BCUT2D eigenvalue weighted by atomic mass is 9.97. The fraction of sp³-hybridized carbons (Fsp3) is 0.300. The molecule has 0 aromatic heterocycles. The number of rotatable bonds is 4. The summed E-state index contributed by atoms with van der Waals surface area (Å²) in [7, 11) is -3.88. The Labute approximate surface area is 172 Å². The topological polar surface area (TPSA) is 90.3 Å². The van der Waals surface area contributed by atoms with Gasteiger partial charge in [-0.2, -0.15) is 22.7 Å². The molecule has 1 fully saturated rings. The molecular weight excluding hydrogens is 419 g/mol. The Hall–Kier alpha value is -2.90.